The molecular formula is C31H23FN2O4S. The van der Waals surface area contributed by atoms with Gasteiger partial charge in [0.15, 0.2) is 11.6 Å². The Morgan fingerprint density at radius 2 is 1.46 bits per heavy atom. The van der Waals surface area contributed by atoms with Gasteiger partial charge in [-0.3, -0.25) is 19.2 Å². The second kappa shape index (κ2) is 11.0. The van der Waals surface area contributed by atoms with E-state index in [0.29, 0.717) is 34.5 Å². The van der Waals surface area contributed by atoms with Gasteiger partial charge in [0.05, 0.1) is 16.5 Å². The lowest BCUT2D eigenvalue weighted by Crippen LogP contribution is -2.28. The van der Waals surface area contributed by atoms with Crippen LogP contribution in [-0.4, -0.2) is 28.6 Å². The van der Waals surface area contributed by atoms with Crippen LogP contribution in [0, 0.1) is 5.82 Å². The quantitative estimate of drug-likeness (QED) is 0.235. The third-order valence-electron chi connectivity index (χ3n) is 6.35. The molecule has 0 heterocycles. The standard InChI is InChI=1S/C31H23FN2O4S/c1-2-26(39-21-8-5-7-20(17-21)33-30(37)18-13-15-19(32)16-14-18)31(38)34-25-12-6-11-24-27(25)29(36)23-10-4-3-9-22(23)28(24)35/h3-17,26H,2H2,1H3,(H,33,37)(H,34,38). The van der Waals surface area contributed by atoms with Crippen LogP contribution in [0.5, 0.6) is 0 Å². The number of fused-ring (bicyclic) bond motifs is 2. The molecule has 0 bridgehead atoms. The van der Waals surface area contributed by atoms with E-state index in [9.17, 15) is 23.6 Å². The highest BCUT2D eigenvalue weighted by Crippen LogP contribution is 2.33. The Balaban J connectivity index is 1.32. The van der Waals surface area contributed by atoms with Crippen LogP contribution in [0.25, 0.3) is 0 Å². The summed E-state index contributed by atoms with van der Waals surface area (Å²) in [6.07, 6.45) is 0.493. The molecule has 0 fully saturated rings. The van der Waals surface area contributed by atoms with Crippen LogP contribution in [0.2, 0.25) is 0 Å². The highest BCUT2D eigenvalue weighted by molar-refractivity contribution is 8.00. The number of halogens is 1. The molecule has 1 unspecified atom stereocenters. The van der Waals surface area contributed by atoms with Crippen molar-refractivity contribution in [3.8, 4) is 0 Å². The summed E-state index contributed by atoms with van der Waals surface area (Å²) in [6, 6.07) is 23.9. The lowest BCUT2D eigenvalue weighted by molar-refractivity contribution is -0.115. The topological polar surface area (TPSA) is 92.3 Å². The van der Waals surface area contributed by atoms with Gasteiger partial charge in [0.25, 0.3) is 5.91 Å². The van der Waals surface area contributed by atoms with Gasteiger partial charge in [-0.05, 0) is 55.0 Å². The maximum Gasteiger partial charge on any atom is 0.255 e. The van der Waals surface area contributed by atoms with Crippen LogP contribution >= 0.6 is 11.8 Å². The fourth-order valence-electron chi connectivity index (χ4n) is 4.40. The number of nitrogens with one attached hydrogen (secondary N) is 2. The molecule has 4 aromatic carbocycles. The number of carbonyl (C=O) groups excluding carboxylic acids is 4. The predicted molar refractivity (Wildman–Crippen MR) is 149 cm³/mol. The fourth-order valence-corrected chi connectivity index (χ4v) is 5.41. The minimum atomic E-state index is -0.509. The van der Waals surface area contributed by atoms with Crippen molar-refractivity contribution in [2.75, 3.05) is 10.6 Å². The first kappa shape index (κ1) is 26.1. The van der Waals surface area contributed by atoms with Crippen LogP contribution in [0.15, 0.2) is 95.9 Å². The van der Waals surface area contributed by atoms with Gasteiger partial charge in [-0.1, -0.05) is 49.4 Å². The van der Waals surface area contributed by atoms with Crippen LogP contribution in [0.3, 0.4) is 0 Å². The van der Waals surface area contributed by atoms with E-state index in [4.69, 9.17) is 0 Å². The number of anilines is 2. The molecule has 2 N–H and O–H groups in total. The molecular weight excluding hydrogens is 515 g/mol. The number of benzene rings is 4. The first-order valence-corrected chi connectivity index (χ1v) is 13.2. The summed E-state index contributed by atoms with van der Waals surface area (Å²) in [7, 11) is 0. The number of thioether (sulfide) groups is 1. The van der Waals surface area contributed by atoms with Crippen molar-refractivity contribution in [1.82, 2.24) is 0 Å². The summed E-state index contributed by atoms with van der Waals surface area (Å²) in [5.41, 5.74) is 2.28. The molecule has 0 aliphatic heterocycles. The largest absolute Gasteiger partial charge is 0.324 e. The van der Waals surface area contributed by atoms with Gasteiger partial charge in [0, 0.05) is 32.8 Å². The van der Waals surface area contributed by atoms with Gasteiger partial charge in [0.1, 0.15) is 5.82 Å². The van der Waals surface area contributed by atoms with Gasteiger partial charge in [0.2, 0.25) is 5.91 Å². The summed E-state index contributed by atoms with van der Waals surface area (Å²) >= 11 is 1.32. The van der Waals surface area contributed by atoms with E-state index < -0.39 is 11.1 Å². The second-order valence-electron chi connectivity index (χ2n) is 8.92. The Kier molecular flexibility index (Phi) is 7.38. The van der Waals surface area contributed by atoms with E-state index in [1.165, 1.54) is 36.0 Å². The van der Waals surface area contributed by atoms with Crippen molar-refractivity contribution in [3.05, 3.63) is 125 Å². The van der Waals surface area contributed by atoms with E-state index >= 15 is 0 Å². The van der Waals surface area contributed by atoms with E-state index in [-0.39, 0.29) is 34.5 Å². The van der Waals surface area contributed by atoms with Crippen LogP contribution in [-0.2, 0) is 4.79 Å². The normalized spacial score (nSPS) is 12.8. The SMILES string of the molecule is CCC(Sc1cccc(NC(=O)c2ccc(F)cc2)c1)C(=O)Nc1cccc2c1C(=O)c1ccccc1C2=O. The fraction of sp³-hybridized carbons (Fsp3) is 0.0968. The highest BCUT2D eigenvalue weighted by Gasteiger charge is 2.32. The van der Waals surface area contributed by atoms with Gasteiger partial charge in [-0.25, -0.2) is 4.39 Å². The zero-order chi connectivity index (χ0) is 27.5. The van der Waals surface area contributed by atoms with E-state index in [0.717, 1.165) is 4.90 Å². The molecule has 1 aliphatic rings. The first-order valence-electron chi connectivity index (χ1n) is 12.3. The second-order valence-corrected chi connectivity index (χ2v) is 10.2. The number of hydrogen-bond donors (Lipinski definition) is 2. The molecule has 0 radical (unpaired) electrons. The van der Waals surface area contributed by atoms with Gasteiger partial charge >= 0.3 is 0 Å². The average molecular weight is 539 g/mol. The van der Waals surface area contributed by atoms with Gasteiger partial charge < -0.3 is 10.6 Å². The van der Waals surface area contributed by atoms with E-state index in [2.05, 4.69) is 10.6 Å². The monoisotopic (exact) mass is 538 g/mol. The summed E-state index contributed by atoms with van der Waals surface area (Å²) < 4.78 is 13.2. The van der Waals surface area contributed by atoms with Gasteiger partial charge in [-0.2, -0.15) is 0 Å². The molecule has 0 saturated carbocycles. The molecule has 4 aromatic rings. The Bertz CT molecular complexity index is 1620. The number of carbonyl (C=O) groups is 4. The Labute approximate surface area is 228 Å². The number of amides is 2. The average Bonchev–Trinajstić information content (AvgIpc) is 2.95. The van der Waals surface area contributed by atoms with Crippen molar-refractivity contribution in [1.29, 1.82) is 0 Å². The summed E-state index contributed by atoms with van der Waals surface area (Å²) in [6.45, 7) is 1.88. The Morgan fingerprint density at radius 3 is 2.18 bits per heavy atom. The smallest absolute Gasteiger partial charge is 0.255 e. The van der Waals surface area contributed by atoms with Crippen LogP contribution in [0.4, 0.5) is 15.8 Å². The third kappa shape index (κ3) is 5.37. The number of ketones is 2. The minimum Gasteiger partial charge on any atom is -0.324 e. The Hall–Kier alpha value is -4.56. The number of hydrogen-bond acceptors (Lipinski definition) is 5. The van der Waals surface area contributed by atoms with E-state index in [1.807, 2.05) is 13.0 Å². The van der Waals surface area contributed by atoms with Crippen molar-refractivity contribution in [2.45, 2.75) is 23.5 Å². The zero-order valence-corrected chi connectivity index (χ0v) is 21.7. The molecule has 8 heteroatoms. The number of rotatable bonds is 7. The molecule has 6 nitrogen and oxygen atoms in total. The summed E-state index contributed by atoms with van der Waals surface area (Å²) in [5, 5.41) is 5.14. The van der Waals surface area contributed by atoms with Crippen molar-refractivity contribution >= 4 is 46.5 Å². The summed E-state index contributed by atoms with van der Waals surface area (Å²) in [5.74, 6) is -1.67. The van der Waals surface area contributed by atoms with Gasteiger partial charge in [-0.15, -0.1) is 11.8 Å². The van der Waals surface area contributed by atoms with Crippen molar-refractivity contribution in [3.63, 3.8) is 0 Å². The molecule has 0 spiro atoms. The lowest BCUT2D eigenvalue weighted by atomic mass is 9.83. The van der Waals surface area contributed by atoms with Crippen molar-refractivity contribution < 1.29 is 23.6 Å². The molecule has 0 aromatic heterocycles. The highest BCUT2D eigenvalue weighted by atomic mass is 32.2. The molecule has 2 amide bonds. The molecule has 0 saturated heterocycles. The molecule has 194 valence electrons. The minimum absolute atomic E-state index is 0.194. The van der Waals surface area contributed by atoms with E-state index in [1.54, 1.807) is 60.7 Å². The van der Waals surface area contributed by atoms with Crippen molar-refractivity contribution in [2.24, 2.45) is 0 Å². The summed E-state index contributed by atoms with van der Waals surface area (Å²) in [4.78, 5) is 52.9. The predicted octanol–water partition coefficient (Wildman–Crippen LogP) is 6.36. The maximum atomic E-state index is 13.3. The van der Waals surface area contributed by atoms with Crippen LogP contribution in [0.1, 0.15) is 55.5 Å². The molecule has 5 rings (SSSR count). The Morgan fingerprint density at radius 1 is 0.795 bits per heavy atom. The molecule has 1 aliphatic carbocycles. The molecule has 39 heavy (non-hydrogen) atoms. The van der Waals surface area contributed by atoms with Crippen LogP contribution < -0.4 is 10.6 Å². The first-order chi connectivity index (χ1) is 18.9. The molecule has 1 atom stereocenters. The zero-order valence-electron chi connectivity index (χ0n) is 20.9. The lowest BCUT2D eigenvalue weighted by Gasteiger charge is -2.21. The maximum absolute atomic E-state index is 13.3. The third-order valence-corrected chi connectivity index (χ3v) is 7.71.